The summed E-state index contributed by atoms with van der Waals surface area (Å²) in [5.41, 5.74) is -0.174. The molecule has 110 valence electrons. The third-order valence-corrected chi connectivity index (χ3v) is 6.91. The van der Waals surface area contributed by atoms with Gasteiger partial charge in [-0.15, -0.1) is 0 Å². The predicted octanol–water partition coefficient (Wildman–Crippen LogP) is 2.77. The summed E-state index contributed by atoms with van der Waals surface area (Å²) in [4.78, 5) is 12.3. The zero-order valence-electron chi connectivity index (χ0n) is 10.6. The summed E-state index contributed by atoms with van der Waals surface area (Å²) in [5.74, 6) is -0.134. The van der Waals surface area contributed by atoms with Crippen LogP contribution in [0.2, 0.25) is 0 Å². The van der Waals surface area contributed by atoms with Crippen molar-refractivity contribution in [2.24, 2.45) is 0 Å². The first-order valence-corrected chi connectivity index (χ1v) is 9.38. The highest BCUT2D eigenvalue weighted by molar-refractivity contribution is 14.1. The van der Waals surface area contributed by atoms with Crippen molar-refractivity contribution in [3.63, 3.8) is 0 Å². The molecule has 1 aliphatic heterocycles. The molecule has 0 atom stereocenters. The minimum Gasteiger partial charge on any atom is -0.388 e. The first-order valence-electron chi connectivity index (χ1n) is 6.14. The molecule has 1 saturated heterocycles. The maximum absolute atomic E-state index is 12.3. The van der Waals surface area contributed by atoms with Crippen LogP contribution in [0.3, 0.4) is 0 Å². The van der Waals surface area contributed by atoms with Crippen LogP contribution in [0.1, 0.15) is 23.2 Å². The highest BCUT2D eigenvalue weighted by Gasteiger charge is 2.30. The lowest BCUT2D eigenvalue weighted by atomic mass is 9.94. The number of hydrogen-bond donors (Lipinski definition) is 2. The van der Waals surface area contributed by atoms with Crippen molar-refractivity contribution in [1.29, 1.82) is 0 Å². The number of hydrogen-bond acceptors (Lipinski definition) is 3. The molecule has 1 fully saturated rings. The van der Waals surface area contributed by atoms with Crippen molar-refractivity contribution in [2.75, 3.05) is 19.8 Å². The first-order chi connectivity index (χ1) is 9.41. The molecule has 20 heavy (non-hydrogen) atoms. The molecule has 0 saturated carbocycles. The average molecular weight is 613 g/mol. The molecule has 1 aromatic rings. The molecular weight excluding hydrogens is 599 g/mol. The summed E-state index contributed by atoms with van der Waals surface area (Å²) in [5, 5.41) is 13.2. The Kier molecular flexibility index (Phi) is 6.33. The van der Waals surface area contributed by atoms with Gasteiger partial charge in [-0.3, -0.25) is 4.79 Å². The molecular formula is C13H14I3NO3. The number of aliphatic hydroxyl groups is 1. The van der Waals surface area contributed by atoms with Crippen LogP contribution in [0.4, 0.5) is 0 Å². The van der Waals surface area contributed by atoms with E-state index in [-0.39, 0.29) is 12.5 Å². The van der Waals surface area contributed by atoms with Crippen LogP contribution in [0.15, 0.2) is 12.1 Å². The van der Waals surface area contributed by atoms with Gasteiger partial charge in [0, 0.05) is 43.3 Å². The van der Waals surface area contributed by atoms with Crippen LogP contribution in [0.25, 0.3) is 0 Å². The van der Waals surface area contributed by atoms with Gasteiger partial charge in [0.15, 0.2) is 0 Å². The second-order valence-corrected chi connectivity index (χ2v) is 8.26. The van der Waals surface area contributed by atoms with Crippen molar-refractivity contribution in [3.05, 3.63) is 28.4 Å². The van der Waals surface area contributed by atoms with Crippen molar-refractivity contribution in [1.82, 2.24) is 5.32 Å². The second kappa shape index (κ2) is 7.38. The molecule has 7 heteroatoms. The van der Waals surface area contributed by atoms with Gasteiger partial charge in [-0.2, -0.15) is 0 Å². The maximum Gasteiger partial charge on any atom is 0.252 e. The quantitative estimate of drug-likeness (QED) is 0.408. The van der Waals surface area contributed by atoms with E-state index in [4.69, 9.17) is 4.74 Å². The molecule has 0 spiro atoms. The number of rotatable bonds is 3. The Balaban J connectivity index is 2.05. The Morgan fingerprint density at radius 3 is 2.60 bits per heavy atom. The number of nitrogens with one attached hydrogen (secondary N) is 1. The number of amides is 1. The van der Waals surface area contributed by atoms with Gasteiger partial charge in [0.25, 0.3) is 5.91 Å². The van der Waals surface area contributed by atoms with E-state index in [2.05, 4.69) is 73.1 Å². The molecule has 1 aromatic carbocycles. The number of benzene rings is 1. The van der Waals surface area contributed by atoms with E-state index < -0.39 is 5.60 Å². The maximum atomic E-state index is 12.3. The molecule has 2 N–H and O–H groups in total. The van der Waals surface area contributed by atoms with Gasteiger partial charge < -0.3 is 15.2 Å². The molecule has 0 bridgehead atoms. The van der Waals surface area contributed by atoms with Crippen LogP contribution >= 0.6 is 67.8 Å². The number of halogens is 3. The highest BCUT2D eigenvalue weighted by Crippen LogP contribution is 2.23. The summed E-state index contributed by atoms with van der Waals surface area (Å²) in [7, 11) is 0. The van der Waals surface area contributed by atoms with Crippen LogP contribution in [0, 0.1) is 10.7 Å². The molecule has 1 aliphatic rings. The van der Waals surface area contributed by atoms with E-state index in [9.17, 15) is 9.90 Å². The topological polar surface area (TPSA) is 58.6 Å². The van der Waals surface area contributed by atoms with Crippen LogP contribution < -0.4 is 5.32 Å². The van der Waals surface area contributed by atoms with Gasteiger partial charge in [-0.05, 0) is 79.9 Å². The van der Waals surface area contributed by atoms with Gasteiger partial charge in [0.2, 0.25) is 0 Å². The smallest absolute Gasteiger partial charge is 0.252 e. The molecule has 0 unspecified atom stereocenters. The van der Waals surface area contributed by atoms with Gasteiger partial charge in [-0.25, -0.2) is 0 Å². The predicted molar refractivity (Wildman–Crippen MR) is 102 cm³/mol. The summed E-state index contributed by atoms with van der Waals surface area (Å²) in [6.45, 7) is 1.36. The Morgan fingerprint density at radius 2 is 1.95 bits per heavy atom. The summed E-state index contributed by atoms with van der Waals surface area (Å²) in [6.07, 6.45) is 1.13. The third kappa shape index (κ3) is 4.40. The normalized spacial score (nSPS) is 17.8. The highest BCUT2D eigenvalue weighted by atomic mass is 127. The third-order valence-electron chi connectivity index (χ3n) is 3.24. The minimum absolute atomic E-state index is 0.134. The number of ether oxygens (including phenoxy) is 1. The fourth-order valence-electron chi connectivity index (χ4n) is 1.99. The van der Waals surface area contributed by atoms with E-state index in [0.717, 1.165) is 10.7 Å². The number of carbonyl (C=O) groups excluding carboxylic acids is 1. The standard InChI is InChI=1S/C13H14I3NO3/c14-8-5-9(11(16)10(15)6-8)12(18)17-7-13(19)1-3-20-4-2-13/h5-6,19H,1-4,7H2,(H,17,18). The second-order valence-electron chi connectivity index (χ2n) is 4.77. The average Bonchev–Trinajstić information content (AvgIpc) is 2.41. The van der Waals surface area contributed by atoms with Gasteiger partial charge >= 0.3 is 0 Å². The summed E-state index contributed by atoms with van der Waals surface area (Å²) < 4.78 is 8.27. The van der Waals surface area contributed by atoms with E-state index in [1.807, 2.05) is 12.1 Å². The first kappa shape index (κ1) is 17.2. The molecule has 0 aliphatic carbocycles. The molecule has 1 amide bonds. The van der Waals surface area contributed by atoms with Crippen molar-refractivity contribution in [2.45, 2.75) is 18.4 Å². The zero-order valence-corrected chi connectivity index (χ0v) is 17.1. The van der Waals surface area contributed by atoms with Gasteiger partial charge in [-0.1, -0.05) is 0 Å². The molecule has 0 radical (unpaired) electrons. The lowest BCUT2D eigenvalue weighted by Gasteiger charge is -2.32. The van der Waals surface area contributed by atoms with Crippen molar-refractivity contribution in [3.8, 4) is 0 Å². The van der Waals surface area contributed by atoms with Crippen molar-refractivity contribution >= 4 is 73.7 Å². The molecule has 4 nitrogen and oxygen atoms in total. The SMILES string of the molecule is O=C(NCC1(O)CCOCC1)c1cc(I)cc(I)c1I. The van der Waals surface area contributed by atoms with Crippen LogP contribution in [-0.4, -0.2) is 36.4 Å². The lowest BCUT2D eigenvalue weighted by Crippen LogP contribution is -2.46. The van der Waals surface area contributed by atoms with Crippen LogP contribution in [0.5, 0.6) is 0 Å². The van der Waals surface area contributed by atoms with Gasteiger partial charge in [0.1, 0.15) is 0 Å². The Bertz CT molecular complexity index is 516. The molecule has 1 heterocycles. The van der Waals surface area contributed by atoms with Crippen LogP contribution in [-0.2, 0) is 4.74 Å². The molecule has 2 rings (SSSR count). The molecule has 0 aromatic heterocycles. The van der Waals surface area contributed by atoms with Crippen molar-refractivity contribution < 1.29 is 14.6 Å². The Morgan fingerprint density at radius 1 is 1.30 bits per heavy atom. The van der Waals surface area contributed by atoms with E-state index in [0.29, 0.717) is 31.6 Å². The van der Waals surface area contributed by atoms with E-state index in [1.54, 1.807) is 0 Å². The largest absolute Gasteiger partial charge is 0.388 e. The monoisotopic (exact) mass is 613 g/mol. The van der Waals surface area contributed by atoms with E-state index >= 15 is 0 Å². The van der Waals surface area contributed by atoms with E-state index in [1.165, 1.54) is 0 Å². The fraction of sp³-hybridized carbons (Fsp3) is 0.462. The zero-order chi connectivity index (χ0) is 14.8. The number of carbonyl (C=O) groups is 1. The summed E-state index contributed by atoms with van der Waals surface area (Å²) in [6, 6.07) is 3.90. The Hall–Kier alpha value is 0.800. The fourth-order valence-corrected chi connectivity index (χ4v) is 4.39. The Labute approximate surface area is 158 Å². The minimum atomic E-state index is -0.839. The lowest BCUT2D eigenvalue weighted by molar-refractivity contribution is -0.0605. The summed E-state index contributed by atoms with van der Waals surface area (Å²) >= 11 is 6.61. The van der Waals surface area contributed by atoms with Gasteiger partial charge in [0.05, 0.1) is 11.2 Å².